The van der Waals surface area contributed by atoms with Gasteiger partial charge in [0.15, 0.2) is 0 Å². The minimum Gasteiger partial charge on any atom is -0.508 e. The molecule has 1 aromatic carbocycles. The van der Waals surface area contributed by atoms with Gasteiger partial charge in [-0.2, -0.15) is 0 Å². The van der Waals surface area contributed by atoms with Crippen LogP contribution in [0.15, 0.2) is 18.2 Å². The highest BCUT2D eigenvalue weighted by atomic mass is 16.5. The molecule has 1 fully saturated rings. The van der Waals surface area contributed by atoms with Crippen LogP contribution < -0.4 is 5.32 Å². The average Bonchev–Trinajstić information content (AvgIpc) is 2.43. The molecule has 106 valence electrons. The largest absolute Gasteiger partial charge is 0.508 e. The number of rotatable bonds is 6. The maximum Gasteiger partial charge on any atom is 0.120 e. The minimum atomic E-state index is 0.367. The second-order valence-electron chi connectivity index (χ2n) is 5.44. The SMILES string of the molecule is Cc1ccc(O)c(CNCCOC2CCCCC2)c1. The van der Waals surface area contributed by atoms with Gasteiger partial charge in [0.1, 0.15) is 5.75 Å². The van der Waals surface area contributed by atoms with Gasteiger partial charge in [0.05, 0.1) is 12.7 Å². The van der Waals surface area contributed by atoms with Gasteiger partial charge in [0.2, 0.25) is 0 Å². The second-order valence-corrected chi connectivity index (χ2v) is 5.44. The highest BCUT2D eigenvalue weighted by Crippen LogP contribution is 2.20. The van der Waals surface area contributed by atoms with Crippen molar-refractivity contribution in [1.29, 1.82) is 0 Å². The Hall–Kier alpha value is -1.06. The normalized spacial score (nSPS) is 16.7. The number of hydrogen-bond donors (Lipinski definition) is 2. The van der Waals surface area contributed by atoms with Crippen molar-refractivity contribution in [2.75, 3.05) is 13.2 Å². The fourth-order valence-electron chi connectivity index (χ4n) is 2.61. The Labute approximate surface area is 116 Å². The average molecular weight is 263 g/mol. The van der Waals surface area contributed by atoms with Crippen LogP contribution in [0.25, 0.3) is 0 Å². The lowest BCUT2D eigenvalue weighted by Gasteiger charge is -2.22. The molecular weight excluding hydrogens is 238 g/mol. The van der Waals surface area contributed by atoms with Crippen LogP contribution in [-0.2, 0) is 11.3 Å². The molecule has 0 heterocycles. The molecule has 2 N–H and O–H groups in total. The van der Waals surface area contributed by atoms with Gasteiger partial charge >= 0.3 is 0 Å². The van der Waals surface area contributed by atoms with Gasteiger partial charge in [-0.15, -0.1) is 0 Å². The van der Waals surface area contributed by atoms with E-state index in [2.05, 4.69) is 5.32 Å². The van der Waals surface area contributed by atoms with E-state index in [4.69, 9.17) is 4.74 Å². The highest BCUT2D eigenvalue weighted by Gasteiger charge is 2.12. The number of ether oxygens (including phenoxy) is 1. The first-order valence-corrected chi connectivity index (χ1v) is 7.36. The number of aryl methyl sites for hydroxylation is 1. The Balaban J connectivity index is 1.62. The lowest BCUT2D eigenvalue weighted by atomic mass is 9.98. The van der Waals surface area contributed by atoms with Crippen LogP contribution in [0.1, 0.15) is 43.2 Å². The molecule has 0 bridgehead atoms. The monoisotopic (exact) mass is 263 g/mol. The number of hydrogen-bond acceptors (Lipinski definition) is 3. The first-order chi connectivity index (χ1) is 9.25. The summed E-state index contributed by atoms with van der Waals surface area (Å²) in [6.07, 6.45) is 6.91. The summed E-state index contributed by atoms with van der Waals surface area (Å²) in [5, 5.41) is 13.0. The van der Waals surface area contributed by atoms with Crippen molar-refractivity contribution in [2.24, 2.45) is 0 Å². The molecule has 0 unspecified atom stereocenters. The van der Waals surface area contributed by atoms with Crippen molar-refractivity contribution in [1.82, 2.24) is 5.32 Å². The summed E-state index contributed by atoms with van der Waals surface area (Å²) in [5.41, 5.74) is 2.13. The number of nitrogens with one attached hydrogen (secondary N) is 1. The van der Waals surface area contributed by atoms with E-state index in [-0.39, 0.29) is 0 Å². The number of phenolic OH excluding ortho intramolecular Hbond substituents is 1. The van der Waals surface area contributed by atoms with Gasteiger partial charge in [-0.1, -0.05) is 37.0 Å². The van der Waals surface area contributed by atoms with Gasteiger partial charge in [-0.05, 0) is 25.8 Å². The van der Waals surface area contributed by atoms with E-state index in [0.29, 0.717) is 18.4 Å². The van der Waals surface area contributed by atoms with E-state index in [1.54, 1.807) is 6.07 Å². The molecule has 1 saturated carbocycles. The maximum absolute atomic E-state index is 9.72. The Morgan fingerprint density at radius 3 is 2.84 bits per heavy atom. The summed E-state index contributed by atoms with van der Waals surface area (Å²) < 4.78 is 5.85. The molecule has 3 heteroatoms. The smallest absolute Gasteiger partial charge is 0.120 e. The Bertz CT molecular complexity index is 386. The number of phenols is 1. The van der Waals surface area contributed by atoms with E-state index >= 15 is 0 Å². The van der Waals surface area contributed by atoms with Crippen molar-refractivity contribution < 1.29 is 9.84 Å². The van der Waals surface area contributed by atoms with Crippen molar-refractivity contribution in [2.45, 2.75) is 51.7 Å². The summed E-state index contributed by atoms with van der Waals surface area (Å²) in [4.78, 5) is 0. The molecule has 1 aliphatic carbocycles. The number of aromatic hydroxyl groups is 1. The van der Waals surface area contributed by atoms with E-state index in [1.807, 2.05) is 19.1 Å². The molecule has 0 aromatic heterocycles. The van der Waals surface area contributed by atoms with Gasteiger partial charge < -0.3 is 15.2 Å². The molecule has 1 aromatic rings. The van der Waals surface area contributed by atoms with Gasteiger partial charge in [-0.3, -0.25) is 0 Å². The Kier molecular flexibility index (Phi) is 5.67. The second kappa shape index (κ2) is 7.51. The van der Waals surface area contributed by atoms with Crippen molar-refractivity contribution >= 4 is 0 Å². The van der Waals surface area contributed by atoms with Crippen LogP contribution in [0.5, 0.6) is 5.75 Å². The fraction of sp³-hybridized carbons (Fsp3) is 0.625. The first kappa shape index (κ1) is 14.4. The lowest BCUT2D eigenvalue weighted by Crippen LogP contribution is -2.24. The van der Waals surface area contributed by atoms with Crippen LogP contribution >= 0.6 is 0 Å². The van der Waals surface area contributed by atoms with E-state index < -0.39 is 0 Å². The van der Waals surface area contributed by atoms with Gasteiger partial charge in [-0.25, -0.2) is 0 Å². The van der Waals surface area contributed by atoms with Crippen LogP contribution in [0, 0.1) is 6.92 Å². The third-order valence-electron chi connectivity index (χ3n) is 3.74. The molecule has 0 aliphatic heterocycles. The van der Waals surface area contributed by atoms with Crippen molar-refractivity contribution in [3.63, 3.8) is 0 Å². The van der Waals surface area contributed by atoms with E-state index in [0.717, 1.165) is 18.7 Å². The lowest BCUT2D eigenvalue weighted by molar-refractivity contribution is 0.0302. The third-order valence-corrected chi connectivity index (χ3v) is 3.74. The fourth-order valence-corrected chi connectivity index (χ4v) is 2.61. The molecule has 2 rings (SSSR count). The first-order valence-electron chi connectivity index (χ1n) is 7.36. The topological polar surface area (TPSA) is 41.5 Å². The predicted molar refractivity (Wildman–Crippen MR) is 77.4 cm³/mol. The highest BCUT2D eigenvalue weighted by molar-refractivity contribution is 5.35. The minimum absolute atomic E-state index is 0.367. The molecule has 0 amide bonds. The molecular formula is C16H25NO2. The van der Waals surface area contributed by atoms with Crippen LogP contribution in [0.2, 0.25) is 0 Å². The molecule has 1 aliphatic rings. The van der Waals surface area contributed by atoms with Crippen LogP contribution in [0.3, 0.4) is 0 Å². The standard InChI is InChI=1S/C16H25NO2/c1-13-7-8-16(18)14(11-13)12-17-9-10-19-15-5-3-2-4-6-15/h7-8,11,15,17-18H,2-6,9-10,12H2,1H3. The summed E-state index contributed by atoms with van der Waals surface area (Å²) in [5.74, 6) is 0.367. The zero-order valence-corrected chi connectivity index (χ0v) is 11.8. The zero-order chi connectivity index (χ0) is 13.5. The summed E-state index contributed by atoms with van der Waals surface area (Å²) in [6, 6.07) is 5.69. The van der Waals surface area contributed by atoms with E-state index in [9.17, 15) is 5.11 Å². The molecule has 19 heavy (non-hydrogen) atoms. The molecule has 0 spiro atoms. The van der Waals surface area contributed by atoms with E-state index in [1.165, 1.54) is 37.7 Å². The van der Waals surface area contributed by atoms with Crippen molar-refractivity contribution in [3.8, 4) is 5.75 Å². The van der Waals surface area contributed by atoms with Crippen LogP contribution in [0.4, 0.5) is 0 Å². The summed E-state index contributed by atoms with van der Waals surface area (Å²) >= 11 is 0. The molecule has 0 radical (unpaired) electrons. The molecule has 0 atom stereocenters. The quantitative estimate of drug-likeness (QED) is 0.775. The Morgan fingerprint density at radius 1 is 1.26 bits per heavy atom. The molecule has 0 saturated heterocycles. The number of benzene rings is 1. The molecule has 3 nitrogen and oxygen atoms in total. The summed E-state index contributed by atoms with van der Waals surface area (Å²) in [6.45, 7) is 4.33. The summed E-state index contributed by atoms with van der Waals surface area (Å²) in [7, 11) is 0. The van der Waals surface area contributed by atoms with Gasteiger partial charge in [0, 0.05) is 18.7 Å². The predicted octanol–water partition coefficient (Wildman–Crippen LogP) is 3.14. The third kappa shape index (κ3) is 4.84. The van der Waals surface area contributed by atoms with Crippen molar-refractivity contribution in [3.05, 3.63) is 29.3 Å². The van der Waals surface area contributed by atoms with Gasteiger partial charge in [0.25, 0.3) is 0 Å². The zero-order valence-electron chi connectivity index (χ0n) is 11.8. The Morgan fingerprint density at radius 2 is 2.05 bits per heavy atom. The van der Waals surface area contributed by atoms with Crippen LogP contribution in [-0.4, -0.2) is 24.4 Å². The maximum atomic E-state index is 9.72.